The van der Waals surface area contributed by atoms with Gasteiger partial charge in [0.05, 0.1) is 11.6 Å². The lowest BCUT2D eigenvalue weighted by Crippen LogP contribution is -2.27. The van der Waals surface area contributed by atoms with Gasteiger partial charge in [0, 0.05) is 17.2 Å². The molecule has 4 heteroatoms. The highest BCUT2D eigenvalue weighted by atomic mass is 79.9. The monoisotopic (exact) mass is 332 g/mol. The molecule has 0 bridgehead atoms. The van der Waals surface area contributed by atoms with Crippen LogP contribution in [0.5, 0.6) is 0 Å². The molecule has 2 rings (SSSR count). The number of benzene rings is 2. The SMILES string of the molecule is CNc1ccccc1C(=O)NC(C)c1ccc(Br)cc1. The minimum Gasteiger partial charge on any atom is -0.387 e. The maximum atomic E-state index is 12.3. The molecule has 0 aliphatic rings. The second-order valence-corrected chi connectivity index (χ2v) is 5.46. The lowest BCUT2D eigenvalue weighted by molar-refractivity contribution is 0.0940. The Morgan fingerprint density at radius 1 is 1.10 bits per heavy atom. The zero-order chi connectivity index (χ0) is 14.5. The van der Waals surface area contributed by atoms with Gasteiger partial charge in [-0.15, -0.1) is 0 Å². The summed E-state index contributed by atoms with van der Waals surface area (Å²) < 4.78 is 1.03. The molecule has 0 heterocycles. The molecule has 104 valence electrons. The molecule has 0 spiro atoms. The molecule has 1 unspecified atom stereocenters. The van der Waals surface area contributed by atoms with E-state index < -0.39 is 0 Å². The van der Waals surface area contributed by atoms with Crippen LogP contribution in [0, 0.1) is 0 Å². The standard InChI is InChI=1S/C16H17BrN2O/c1-11(12-7-9-13(17)10-8-12)19-16(20)14-5-3-4-6-15(14)18-2/h3-11,18H,1-2H3,(H,19,20). The Morgan fingerprint density at radius 3 is 2.40 bits per heavy atom. The Labute approximate surface area is 127 Å². The highest BCUT2D eigenvalue weighted by Crippen LogP contribution is 2.19. The van der Waals surface area contributed by atoms with E-state index in [0.717, 1.165) is 15.7 Å². The molecular formula is C16H17BrN2O. The second-order valence-electron chi connectivity index (χ2n) is 4.54. The topological polar surface area (TPSA) is 41.1 Å². The molecule has 0 saturated heterocycles. The summed E-state index contributed by atoms with van der Waals surface area (Å²) in [6.07, 6.45) is 0. The van der Waals surface area contributed by atoms with Crippen molar-refractivity contribution in [3.63, 3.8) is 0 Å². The number of amides is 1. The van der Waals surface area contributed by atoms with Crippen molar-refractivity contribution in [1.82, 2.24) is 5.32 Å². The third-order valence-electron chi connectivity index (χ3n) is 3.16. The van der Waals surface area contributed by atoms with E-state index in [-0.39, 0.29) is 11.9 Å². The molecule has 0 aliphatic heterocycles. The van der Waals surface area contributed by atoms with Gasteiger partial charge in [-0.25, -0.2) is 0 Å². The van der Waals surface area contributed by atoms with Crippen molar-refractivity contribution in [3.8, 4) is 0 Å². The number of anilines is 1. The molecule has 1 amide bonds. The van der Waals surface area contributed by atoms with Crippen LogP contribution in [0.15, 0.2) is 53.0 Å². The summed E-state index contributed by atoms with van der Waals surface area (Å²) in [6.45, 7) is 1.98. The summed E-state index contributed by atoms with van der Waals surface area (Å²) >= 11 is 3.41. The normalized spacial score (nSPS) is 11.8. The van der Waals surface area contributed by atoms with E-state index in [1.165, 1.54) is 0 Å². The van der Waals surface area contributed by atoms with Gasteiger partial charge in [-0.1, -0.05) is 40.2 Å². The first-order valence-electron chi connectivity index (χ1n) is 6.45. The molecule has 2 aromatic rings. The number of halogens is 1. The van der Waals surface area contributed by atoms with Crippen LogP contribution in [-0.4, -0.2) is 13.0 Å². The third-order valence-corrected chi connectivity index (χ3v) is 3.69. The van der Waals surface area contributed by atoms with Gasteiger partial charge >= 0.3 is 0 Å². The van der Waals surface area contributed by atoms with Crippen LogP contribution in [0.25, 0.3) is 0 Å². The summed E-state index contributed by atoms with van der Waals surface area (Å²) in [5, 5.41) is 6.04. The average Bonchev–Trinajstić information content (AvgIpc) is 2.47. The fourth-order valence-electron chi connectivity index (χ4n) is 2.01. The molecule has 1 atom stereocenters. The lowest BCUT2D eigenvalue weighted by Gasteiger charge is -2.16. The smallest absolute Gasteiger partial charge is 0.253 e. The maximum Gasteiger partial charge on any atom is 0.253 e. The minimum atomic E-state index is -0.0784. The third kappa shape index (κ3) is 3.39. The van der Waals surface area contributed by atoms with Crippen molar-refractivity contribution in [2.75, 3.05) is 12.4 Å². The van der Waals surface area contributed by atoms with Crippen LogP contribution >= 0.6 is 15.9 Å². The van der Waals surface area contributed by atoms with Gasteiger partial charge < -0.3 is 10.6 Å². The van der Waals surface area contributed by atoms with Crippen molar-refractivity contribution >= 4 is 27.5 Å². The van der Waals surface area contributed by atoms with E-state index in [4.69, 9.17) is 0 Å². The number of carbonyl (C=O) groups excluding carboxylic acids is 1. The number of hydrogen-bond acceptors (Lipinski definition) is 2. The fraction of sp³-hybridized carbons (Fsp3) is 0.188. The first-order chi connectivity index (χ1) is 9.61. The minimum absolute atomic E-state index is 0.0412. The molecule has 20 heavy (non-hydrogen) atoms. The quantitative estimate of drug-likeness (QED) is 0.889. The van der Waals surface area contributed by atoms with Crippen molar-refractivity contribution in [2.45, 2.75) is 13.0 Å². The second kappa shape index (κ2) is 6.57. The van der Waals surface area contributed by atoms with Gasteiger partial charge in [-0.05, 0) is 36.8 Å². The van der Waals surface area contributed by atoms with Crippen LogP contribution < -0.4 is 10.6 Å². The highest BCUT2D eigenvalue weighted by molar-refractivity contribution is 9.10. The van der Waals surface area contributed by atoms with Crippen LogP contribution in [-0.2, 0) is 0 Å². The predicted octanol–water partition coefficient (Wildman–Crippen LogP) is 3.98. The molecule has 0 radical (unpaired) electrons. The van der Waals surface area contributed by atoms with Gasteiger partial charge in [0.25, 0.3) is 5.91 Å². The number of rotatable bonds is 4. The molecule has 0 aliphatic carbocycles. The lowest BCUT2D eigenvalue weighted by atomic mass is 10.1. The Kier molecular flexibility index (Phi) is 4.79. The Bertz CT molecular complexity index is 596. The van der Waals surface area contributed by atoms with Crippen molar-refractivity contribution < 1.29 is 4.79 Å². The zero-order valence-electron chi connectivity index (χ0n) is 11.5. The van der Waals surface area contributed by atoms with E-state index in [2.05, 4.69) is 26.6 Å². The molecular weight excluding hydrogens is 316 g/mol. The first kappa shape index (κ1) is 14.6. The zero-order valence-corrected chi connectivity index (χ0v) is 13.1. The summed E-state index contributed by atoms with van der Waals surface area (Å²) in [5.74, 6) is -0.0784. The summed E-state index contributed by atoms with van der Waals surface area (Å²) in [6, 6.07) is 15.4. The highest BCUT2D eigenvalue weighted by Gasteiger charge is 2.13. The number of carbonyl (C=O) groups is 1. The fourth-order valence-corrected chi connectivity index (χ4v) is 2.27. The van der Waals surface area contributed by atoms with Gasteiger partial charge in [0.15, 0.2) is 0 Å². The van der Waals surface area contributed by atoms with E-state index in [9.17, 15) is 4.79 Å². The Balaban J connectivity index is 2.13. The van der Waals surface area contributed by atoms with Crippen LogP contribution in [0.4, 0.5) is 5.69 Å². The largest absolute Gasteiger partial charge is 0.387 e. The van der Waals surface area contributed by atoms with E-state index in [0.29, 0.717) is 5.56 Å². The van der Waals surface area contributed by atoms with E-state index in [1.54, 1.807) is 0 Å². The van der Waals surface area contributed by atoms with Crippen molar-refractivity contribution in [1.29, 1.82) is 0 Å². The Hall–Kier alpha value is -1.81. The molecule has 0 aromatic heterocycles. The van der Waals surface area contributed by atoms with Crippen LogP contribution in [0.1, 0.15) is 28.9 Å². The predicted molar refractivity (Wildman–Crippen MR) is 86.0 cm³/mol. The molecule has 0 fully saturated rings. The Morgan fingerprint density at radius 2 is 1.75 bits per heavy atom. The van der Waals surface area contributed by atoms with Crippen LogP contribution in [0.3, 0.4) is 0 Å². The summed E-state index contributed by atoms with van der Waals surface area (Å²) in [4.78, 5) is 12.3. The van der Waals surface area contributed by atoms with E-state index >= 15 is 0 Å². The number of para-hydroxylation sites is 1. The van der Waals surface area contributed by atoms with Gasteiger partial charge in [0.2, 0.25) is 0 Å². The molecule has 0 saturated carbocycles. The van der Waals surface area contributed by atoms with Crippen molar-refractivity contribution in [2.24, 2.45) is 0 Å². The first-order valence-corrected chi connectivity index (χ1v) is 7.24. The number of nitrogens with one attached hydrogen (secondary N) is 2. The summed E-state index contributed by atoms with van der Waals surface area (Å²) in [7, 11) is 1.81. The van der Waals surface area contributed by atoms with Crippen LogP contribution in [0.2, 0.25) is 0 Å². The van der Waals surface area contributed by atoms with Gasteiger partial charge in [-0.2, -0.15) is 0 Å². The van der Waals surface area contributed by atoms with E-state index in [1.807, 2.05) is 62.5 Å². The average molecular weight is 333 g/mol. The van der Waals surface area contributed by atoms with Crippen molar-refractivity contribution in [3.05, 3.63) is 64.1 Å². The molecule has 2 N–H and O–H groups in total. The molecule has 2 aromatic carbocycles. The maximum absolute atomic E-state index is 12.3. The van der Waals surface area contributed by atoms with Gasteiger partial charge in [0.1, 0.15) is 0 Å². The number of hydrogen-bond donors (Lipinski definition) is 2. The molecule has 3 nitrogen and oxygen atoms in total. The summed E-state index contributed by atoms with van der Waals surface area (Å²) in [5.41, 5.74) is 2.55. The van der Waals surface area contributed by atoms with Gasteiger partial charge in [-0.3, -0.25) is 4.79 Å².